The summed E-state index contributed by atoms with van der Waals surface area (Å²) in [6, 6.07) is 10.3. The Kier molecular flexibility index (Phi) is 4.54. The molecule has 0 N–H and O–H groups in total. The number of rotatable bonds is 3. The van der Waals surface area contributed by atoms with Crippen LogP contribution in [-0.4, -0.2) is 15.4 Å². The quantitative estimate of drug-likeness (QED) is 0.611. The number of imidazole rings is 1. The molecule has 0 amide bonds. The Balaban J connectivity index is 1.54. The highest BCUT2D eigenvalue weighted by molar-refractivity contribution is 5.85. The number of nitrogens with zero attached hydrogens (tertiary/aromatic N) is 3. The summed E-state index contributed by atoms with van der Waals surface area (Å²) >= 11 is 0. The average Bonchev–Trinajstić information content (AvgIpc) is 3.34. The molecule has 1 aliphatic rings. The minimum absolute atomic E-state index is 0.123. The fourth-order valence-corrected chi connectivity index (χ4v) is 2.90. The molecule has 0 unspecified atom stereocenters. The number of ether oxygens (including phenoxy) is 1. The minimum Gasteiger partial charge on any atom is -0.457 e. The van der Waals surface area contributed by atoms with Crippen molar-refractivity contribution >= 4 is 5.84 Å². The molecule has 0 saturated carbocycles. The smallest absolute Gasteiger partial charge is 0.416 e. The Morgan fingerprint density at radius 1 is 1.18 bits per heavy atom. The molecule has 5 nitrogen and oxygen atoms in total. The summed E-state index contributed by atoms with van der Waals surface area (Å²) in [7, 11) is 0. The molecular weight excluding hydrogens is 371 g/mol. The molecule has 8 heteroatoms. The van der Waals surface area contributed by atoms with E-state index in [0.717, 1.165) is 29.1 Å². The molecule has 0 aliphatic carbocycles. The monoisotopic (exact) mass is 387 g/mol. The van der Waals surface area contributed by atoms with Crippen molar-refractivity contribution in [2.45, 2.75) is 25.6 Å². The molecule has 0 spiro atoms. The predicted molar refractivity (Wildman–Crippen MR) is 96.2 cm³/mol. The Morgan fingerprint density at radius 2 is 2.04 bits per heavy atom. The zero-order chi connectivity index (χ0) is 19.7. The standard InChI is InChI=1S/C20H16F3N3O2/c1-13-5-6-14(18-11-19(25-28-18)26-8-7-24-12-26)9-17(13)27-16-4-2-3-15(10-16)20(21,22)23/h2-10,12,18H,11H2,1H3/t18-/m1/s1. The summed E-state index contributed by atoms with van der Waals surface area (Å²) in [4.78, 5) is 9.51. The van der Waals surface area contributed by atoms with Gasteiger partial charge in [0.25, 0.3) is 0 Å². The lowest BCUT2D eigenvalue weighted by atomic mass is 10.0. The molecule has 3 aromatic rings. The van der Waals surface area contributed by atoms with Crippen molar-refractivity contribution in [2.75, 3.05) is 0 Å². The Labute approximate surface area is 159 Å². The summed E-state index contributed by atoms with van der Waals surface area (Å²) < 4.78 is 46.3. The average molecular weight is 387 g/mol. The van der Waals surface area contributed by atoms with Gasteiger partial charge in [0, 0.05) is 12.4 Å². The van der Waals surface area contributed by atoms with Crippen LogP contribution >= 0.6 is 0 Å². The molecule has 2 aromatic carbocycles. The van der Waals surface area contributed by atoms with E-state index in [1.165, 1.54) is 12.1 Å². The molecule has 1 aromatic heterocycles. The van der Waals surface area contributed by atoms with Crippen molar-refractivity contribution in [1.82, 2.24) is 9.55 Å². The maximum Gasteiger partial charge on any atom is 0.416 e. The molecule has 0 bridgehead atoms. The lowest BCUT2D eigenvalue weighted by Crippen LogP contribution is -2.08. The van der Waals surface area contributed by atoms with Gasteiger partial charge < -0.3 is 9.57 Å². The fourth-order valence-electron chi connectivity index (χ4n) is 2.90. The normalized spacial score (nSPS) is 16.6. The highest BCUT2D eigenvalue weighted by Gasteiger charge is 2.30. The van der Waals surface area contributed by atoms with Gasteiger partial charge in [-0.15, -0.1) is 0 Å². The van der Waals surface area contributed by atoms with Gasteiger partial charge in [0.15, 0.2) is 11.9 Å². The van der Waals surface area contributed by atoms with Crippen molar-refractivity contribution in [2.24, 2.45) is 5.16 Å². The highest BCUT2D eigenvalue weighted by Crippen LogP contribution is 2.35. The minimum atomic E-state index is -4.42. The maximum absolute atomic E-state index is 12.9. The molecule has 0 fully saturated rings. The van der Waals surface area contributed by atoms with Crippen LogP contribution in [0.25, 0.3) is 0 Å². The molecule has 28 heavy (non-hydrogen) atoms. The van der Waals surface area contributed by atoms with Crippen LogP contribution in [-0.2, 0) is 11.0 Å². The van der Waals surface area contributed by atoms with E-state index in [-0.39, 0.29) is 11.9 Å². The van der Waals surface area contributed by atoms with Crippen LogP contribution in [0.1, 0.15) is 29.2 Å². The zero-order valence-corrected chi connectivity index (χ0v) is 14.8. The van der Waals surface area contributed by atoms with Crippen LogP contribution in [0.2, 0.25) is 0 Å². The first-order chi connectivity index (χ1) is 13.4. The molecule has 0 saturated heterocycles. The van der Waals surface area contributed by atoms with Gasteiger partial charge in [-0.3, -0.25) is 4.57 Å². The predicted octanol–water partition coefficient (Wildman–Crippen LogP) is 5.33. The molecule has 1 atom stereocenters. The number of halogens is 3. The SMILES string of the molecule is Cc1ccc([C@H]2CC(n3ccnc3)=NO2)cc1Oc1cccc(C(F)(F)F)c1. The third-order valence-electron chi connectivity index (χ3n) is 4.43. The van der Waals surface area contributed by atoms with Crippen LogP contribution in [0.4, 0.5) is 13.2 Å². The second-order valence-electron chi connectivity index (χ2n) is 6.43. The first-order valence-electron chi connectivity index (χ1n) is 8.57. The van der Waals surface area contributed by atoms with Crippen molar-refractivity contribution in [3.05, 3.63) is 77.9 Å². The summed E-state index contributed by atoms with van der Waals surface area (Å²) in [6.07, 6.45) is 0.895. The van der Waals surface area contributed by atoms with Crippen LogP contribution in [0.3, 0.4) is 0 Å². The van der Waals surface area contributed by atoms with Gasteiger partial charge in [-0.2, -0.15) is 13.2 Å². The number of hydrogen-bond donors (Lipinski definition) is 0. The first kappa shape index (κ1) is 18.1. The van der Waals surface area contributed by atoms with Gasteiger partial charge in [-0.1, -0.05) is 23.4 Å². The van der Waals surface area contributed by atoms with Gasteiger partial charge in [0.05, 0.1) is 12.0 Å². The lowest BCUT2D eigenvalue weighted by molar-refractivity contribution is -0.137. The topological polar surface area (TPSA) is 48.6 Å². The molecule has 2 heterocycles. The van der Waals surface area contributed by atoms with E-state index in [1.807, 2.05) is 19.1 Å². The van der Waals surface area contributed by atoms with Crippen molar-refractivity contribution < 1.29 is 22.7 Å². The summed E-state index contributed by atoms with van der Waals surface area (Å²) in [6.45, 7) is 1.83. The largest absolute Gasteiger partial charge is 0.457 e. The number of benzene rings is 2. The number of hydrogen-bond acceptors (Lipinski definition) is 4. The number of alkyl halides is 3. The van der Waals surface area contributed by atoms with Crippen LogP contribution in [0, 0.1) is 6.92 Å². The van der Waals surface area contributed by atoms with Crippen LogP contribution in [0.15, 0.2) is 66.3 Å². The zero-order valence-electron chi connectivity index (χ0n) is 14.8. The van der Waals surface area contributed by atoms with E-state index in [9.17, 15) is 13.2 Å². The van der Waals surface area contributed by atoms with E-state index in [0.29, 0.717) is 12.2 Å². The molecule has 1 aliphatic heterocycles. The second kappa shape index (κ2) is 7.03. The lowest BCUT2D eigenvalue weighted by Gasteiger charge is -2.14. The van der Waals surface area contributed by atoms with Gasteiger partial charge in [-0.25, -0.2) is 4.98 Å². The number of oxime groups is 1. The van der Waals surface area contributed by atoms with E-state index >= 15 is 0 Å². The van der Waals surface area contributed by atoms with E-state index < -0.39 is 11.7 Å². The van der Waals surface area contributed by atoms with E-state index in [1.54, 1.807) is 29.4 Å². The second-order valence-corrected chi connectivity index (χ2v) is 6.43. The first-order valence-corrected chi connectivity index (χ1v) is 8.57. The Bertz CT molecular complexity index is 1010. The molecular formula is C20H16F3N3O2. The van der Waals surface area contributed by atoms with Gasteiger partial charge in [-0.05, 0) is 42.3 Å². The van der Waals surface area contributed by atoms with Crippen LogP contribution in [0.5, 0.6) is 11.5 Å². The third-order valence-corrected chi connectivity index (χ3v) is 4.43. The third kappa shape index (κ3) is 3.71. The van der Waals surface area contributed by atoms with Crippen molar-refractivity contribution in [3.8, 4) is 11.5 Å². The van der Waals surface area contributed by atoms with Gasteiger partial charge in [0.1, 0.15) is 17.8 Å². The molecule has 4 rings (SSSR count). The van der Waals surface area contributed by atoms with Gasteiger partial charge in [0.2, 0.25) is 0 Å². The van der Waals surface area contributed by atoms with E-state index in [4.69, 9.17) is 9.57 Å². The Morgan fingerprint density at radius 3 is 2.79 bits per heavy atom. The van der Waals surface area contributed by atoms with E-state index in [2.05, 4.69) is 10.1 Å². The summed E-state index contributed by atoms with van der Waals surface area (Å²) in [5.74, 6) is 1.32. The van der Waals surface area contributed by atoms with Crippen molar-refractivity contribution in [3.63, 3.8) is 0 Å². The number of aromatic nitrogens is 2. The Hall–Kier alpha value is -3.29. The number of aryl methyl sites for hydroxylation is 1. The molecule has 144 valence electrons. The maximum atomic E-state index is 12.9. The summed E-state index contributed by atoms with van der Waals surface area (Å²) in [5.41, 5.74) is 0.873. The summed E-state index contributed by atoms with van der Waals surface area (Å²) in [5, 5.41) is 4.08. The van der Waals surface area contributed by atoms with Crippen LogP contribution < -0.4 is 4.74 Å². The van der Waals surface area contributed by atoms with Gasteiger partial charge >= 0.3 is 6.18 Å². The molecule has 0 radical (unpaired) electrons. The van der Waals surface area contributed by atoms with Crippen molar-refractivity contribution in [1.29, 1.82) is 0 Å². The fraction of sp³-hybridized carbons (Fsp3) is 0.200. The highest BCUT2D eigenvalue weighted by atomic mass is 19.4.